The normalized spacial score (nSPS) is 6.19. The molecule has 21 heavy (non-hydrogen) atoms. The standard InChI is InChI=1S/C8H6O6.Mg.6H2O/c9-7(13-11)5-3-1-2-4-6(5)8(10)14-12;;;;;;;/h1-4,11-12H;;6*1H2/q;+2;;;;;;/p-2. The van der Waals surface area contributed by atoms with Crippen LogP contribution in [0.3, 0.4) is 0 Å². The van der Waals surface area contributed by atoms with Gasteiger partial charge in [-0.05, 0) is 12.1 Å². The second-order valence-corrected chi connectivity index (χ2v) is 2.29. The quantitative estimate of drug-likeness (QED) is 0.288. The van der Waals surface area contributed by atoms with E-state index in [1.807, 2.05) is 0 Å². The number of carbonyl (C=O) groups excluding carboxylic acids is 2. The maximum Gasteiger partial charge on any atom is 2.00 e. The first-order valence-electron chi connectivity index (χ1n) is 3.48. The van der Waals surface area contributed by atoms with Crippen molar-refractivity contribution < 1.29 is 62.7 Å². The Balaban J connectivity index is -0.0000000560. The maximum atomic E-state index is 10.8. The van der Waals surface area contributed by atoms with Crippen LogP contribution in [0.1, 0.15) is 20.7 Å². The summed E-state index contributed by atoms with van der Waals surface area (Å²) in [5.41, 5.74) is -0.605. The van der Waals surface area contributed by atoms with Crippen molar-refractivity contribution in [1.29, 1.82) is 0 Å². The third-order valence-electron chi connectivity index (χ3n) is 1.52. The summed E-state index contributed by atoms with van der Waals surface area (Å²) < 4.78 is 0. The largest absolute Gasteiger partial charge is 2.00 e. The molecule has 0 fully saturated rings. The third kappa shape index (κ3) is 11.0. The van der Waals surface area contributed by atoms with E-state index in [1.165, 1.54) is 24.3 Å². The second kappa shape index (κ2) is 20.9. The van der Waals surface area contributed by atoms with Gasteiger partial charge in [0.15, 0.2) is 0 Å². The molecule has 0 saturated carbocycles. The van der Waals surface area contributed by atoms with Crippen molar-refractivity contribution in [3.8, 4) is 0 Å². The summed E-state index contributed by atoms with van der Waals surface area (Å²) in [4.78, 5) is 28.0. The Morgan fingerprint density at radius 3 is 1.14 bits per heavy atom. The van der Waals surface area contributed by atoms with Gasteiger partial charge in [-0.3, -0.25) is 0 Å². The summed E-state index contributed by atoms with van der Waals surface area (Å²) in [5.74, 6) is -2.49. The van der Waals surface area contributed by atoms with Crippen LogP contribution in [0.4, 0.5) is 0 Å². The monoisotopic (exact) mass is 328 g/mol. The van der Waals surface area contributed by atoms with Crippen molar-refractivity contribution in [2.24, 2.45) is 0 Å². The van der Waals surface area contributed by atoms with E-state index >= 15 is 0 Å². The molecule has 0 atom stereocenters. The topological polar surface area (TPSA) is 288 Å². The van der Waals surface area contributed by atoms with E-state index < -0.39 is 11.9 Å². The zero-order valence-electron chi connectivity index (χ0n) is 10.5. The second-order valence-electron chi connectivity index (χ2n) is 2.29. The van der Waals surface area contributed by atoms with Crippen LogP contribution in [0.25, 0.3) is 0 Å². The Kier molecular flexibility index (Phi) is 42.5. The van der Waals surface area contributed by atoms with E-state index in [4.69, 9.17) is 0 Å². The van der Waals surface area contributed by atoms with Gasteiger partial charge >= 0.3 is 35.0 Å². The van der Waals surface area contributed by atoms with Crippen molar-refractivity contribution in [2.45, 2.75) is 0 Å². The molecule has 12 nitrogen and oxygen atoms in total. The molecule has 13 heteroatoms. The van der Waals surface area contributed by atoms with E-state index in [9.17, 15) is 20.1 Å². The summed E-state index contributed by atoms with van der Waals surface area (Å²) >= 11 is 0. The van der Waals surface area contributed by atoms with Gasteiger partial charge in [0.25, 0.3) is 0 Å². The summed E-state index contributed by atoms with van der Waals surface area (Å²) in [6, 6.07) is 5.17. The van der Waals surface area contributed by atoms with Crippen LogP contribution < -0.4 is 10.5 Å². The fraction of sp³-hybridized carbons (Fsp3) is 0. The number of hydrogen-bond donors (Lipinski definition) is 0. The van der Waals surface area contributed by atoms with Crippen LogP contribution in [0, 0.1) is 0 Å². The minimum absolute atomic E-state index is 0. The molecular weight excluding hydrogens is 312 g/mol. The van der Waals surface area contributed by atoms with Gasteiger partial charge in [0.2, 0.25) is 0 Å². The zero-order valence-corrected chi connectivity index (χ0v) is 11.9. The predicted octanol–water partition coefficient (Wildman–Crippen LogP) is -6.78. The van der Waals surface area contributed by atoms with Gasteiger partial charge in [0.1, 0.15) is 0 Å². The molecule has 0 spiro atoms. The molecule has 0 radical (unpaired) electrons. The number of benzene rings is 1. The van der Waals surface area contributed by atoms with E-state index in [-0.39, 0.29) is 67.0 Å². The molecule has 0 aromatic heterocycles. The van der Waals surface area contributed by atoms with Gasteiger partial charge in [-0.15, -0.1) is 0 Å². The van der Waals surface area contributed by atoms with Gasteiger partial charge in [0.05, 0.1) is 11.1 Å². The summed E-state index contributed by atoms with van der Waals surface area (Å²) in [6.07, 6.45) is 0. The Labute approximate surface area is 133 Å². The number of rotatable bonds is 2. The van der Waals surface area contributed by atoms with Gasteiger partial charge in [-0.25, -0.2) is 9.59 Å². The Morgan fingerprint density at radius 1 is 0.714 bits per heavy atom. The van der Waals surface area contributed by atoms with Crippen LogP contribution in [-0.4, -0.2) is 67.8 Å². The van der Waals surface area contributed by atoms with Gasteiger partial charge < -0.3 is 53.1 Å². The molecule has 0 aliphatic rings. The van der Waals surface area contributed by atoms with Crippen LogP contribution >= 0.6 is 0 Å². The molecule has 0 bridgehead atoms. The summed E-state index contributed by atoms with van der Waals surface area (Å²) in [5, 5.41) is 19.6. The SMILES string of the molecule is O.O.O.O.O.O.O=C(O[O-])c1ccccc1C(=O)O[O-].[Mg+2]. The smallest absolute Gasteiger partial charge is 0.661 e. The average molecular weight is 329 g/mol. The molecule has 0 amide bonds. The summed E-state index contributed by atoms with van der Waals surface area (Å²) in [6.45, 7) is 0. The van der Waals surface area contributed by atoms with Crippen molar-refractivity contribution >= 4 is 35.0 Å². The van der Waals surface area contributed by atoms with Crippen molar-refractivity contribution in [3.05, 3.63) is 35.4 Å². The molecule has 0 unspecified atom stereocenters. The first-order valence-corrected chi connectivity index (χ1v) is 3.48. The Morgan fingerprint density at radius 2 is 0.952 bits per heavy atom. The van der Waals surface area contributed by atoms with Gasteiger partial charge in [-0.1, -0.05) is 12.1 Å². The Bertz CT molecular complexity index is 335. The van der Waals surface area contributed by atoms with Gasteiger partial charge in [0, 0.05) is 0 Å². The van der Waals surface area contributed by atoms with Crippen molar-refractivity contribution in [3.63, 3.8) is 0 Å². The first-order chi connectivity index (χ1) is 6.70. The molecule has 0 aliphatic carbocycles. The number of hydrogen-bond acceptors (Lipinski definition) is 6. The van der Waals surface area contributed by atoms with Crippen LogP contribution in [0.5, 0.6) is 0 Å². The number of carbonyl (C=O) groups is 2. The molecule has 0 heterocycles. The van der Waals surface area contributed by atoms with Crippen molar-refractivity contribution in [2.75, 3.05) is 0 Å². The van der Waals surface area contributed by atoms with Gasteiger partial charge in [-0.2, -0.15) is 0 Å². The fourth-order valence-corrected chi connectivity index (χ4v) is 0.929. The molecule has 1 aromatic rings. The van der Waals surface area contributed by atoms with Crippen LogP contribution in [0.2, 0.25) is 0 Å². The van der Waals surface area contributed by atoms with Crippen LogP contribution in [-0.2, 0) is 9.78 Å². The molecule has 12 N–H and O–H groups in total. The minimum atomic E-state index is -1.24. The third-order valence-corrected chi connectivity index (χ3v) is 1.52. The van der Waals surface area contributed by atoms with Crippen molar-refractivity contribution in [1.82, 2.24) is 0 Å². The van der Waals surface area contributed by atoms with Crippen LogP contribution in [0.15, 0.2) is 24.3 Å². The van der Waals surface area contributed by atoms with E-state index in [0.29, 0.717) is 0 Å². The minimum Gasteiger partial charge on any atom is -0.661 e. The van der Waals surface area contributed by atoms with E-state index in [0.717, 1.165) is 0 Å². The molecule has 122 valence electrons. The predicted molar refractivity (Wildman–Crippen MR) is 64.7 cm³/mol. The molecule has 1 aromatic carbocycles. The van der Waals surface area contributed by atoms with E-state index in [2.05, 4.69) is 9.78 Å². The molecular formula is C8H16MgO12. The van der Waals surface area contributed by atoms with E-state index in [1.54, 1.807) is 0 Å². The zero-order chi connectivity index (χ0) is 10.6. The maximum absolute atomic E-state index is 10.8. The molecule has 1 rings (SSSR count). The average Bonchev–Trinajstić information content (AvgIpc) is 2.27. The Hall–Kier alpha value is -1.39. The molecule has 0 saturated heterocycles. The first kappa shape index (κ1) is 42.7. The molecule has 0 aliphatic heterocycles. The fourth-order valence-electron chi connectivity index (χ4n) is 0.929. The summed E-state index contributed by atoms with van der Waals surface area (Å²) in [7, 11) is 0.